The number of amides is 1. The van der Waals surface area contributed by atoms with E-state index in [0.717, 1.165) is 10.0 Å². The van der Waals surface area contributed by atoms with Crippen LogP contribution in [0.4, 0.5) is 17.2 Å². The molecule has 8 heteroatoms. The highest BCUT2D eigenvalue weighted by Crippen LogP contribution is 2.20. The fourth-order valence-electron chi connectivity index (χ4n) is 1.85. The van der Waals surface area contributed by atoms with Crippen molar-refractivity contribution in [3.8, 4) is 0 Å². The molecule has 114 valence electrons. The summed E-state index contributed by atoms with van der Waals surface area (Å²) in [6.45, 7) is 1.79. The van der Waals surface area contributed by atoms with Crippen molar-refractivity contribution in [3.05, 3.63) is 56.7 Å². The molecule has 0 fully saturated rings. The number of nitro groups is 1. The zero-order valence-electron chi connectivity index (χ0n) is 11.7. The number of carbonyl (C=O) groups excluding carboxylic acids is 1. The lowest BCUT2D eigenvalue weighted by molar-refractivity contribution is -0.409. The van der Waals surface area contributed by atoms with Crippen molar-refractivity contribution in [3.63, 3.8) is 0 Å². The topological polar surface area (TPSA) is 98.4 Å². The Bertz CT molecular complexity index is 721. The largest absolute Gasteiger partial charge is 0.357 e. The average Bonchev–Trinajstić information content (AvgIpc) is 2.48. The number of aromatic amines is 1. The number of pyridine rings is 1. The Labute approximate surface area is 135 Å². The maximum absolute atomic E-state index is 11.9. The predicted molar refractivity (Wildman–Crippen MR) is 85.7 cm³/mol. The van der Waals surface area contributed by atoms with Crippen LogP contribution in [0, 0.1) is 17.0 Å². The van der Waals surface area contributed by atoms with E-state index in [0.29, 0.717) is 5.69 Å². The maximum atomic E-state index is 11.9. The van der Waals surface area contributed by atoms with Gasteiger partial charge in [0.15, 0.2) is 6.54 Å². The Hall–Kier alpha value is -2.48. The first-order valence-corrected chi connectivity index (χ1v) is 7.21. The van der Waals surface area contributed by atoms with Crippen LogP contribution in [0.5, 0.6) is 0 Å². The second-order valence-electron chi connectivity index (χ2n) is 4.55. The van der Waals surface area contributed by atoms with Gasteiger partial charge in [0.1, 0.15) is 0 Å². The summed E-state index contributed by atoms with van der Waals surface area (Å²) in [5, 5.41) is 16.4. The van der Waals surface area contributed by atoms with Crippen LogP contribution in [0.15, 0.2) is 41.0 Å². The standard InChI is InChI=1S/C14H13BrN4O3/c1-9-7-10(15)4-5-11(9)18-13(20)8-17-14-12(19(21)22)3-2-6-16-14/h2-7H,8H2,1H3,(H,16,17)(H,18,20)/p+1. The molecule has 1 heterocycles. The van der Waals surface area contributed by atoms with Crippen LogP contribution in [0.3, 0.4) is 0 Å². The summed E-state index contributed by atoms with van der Waals surface area (Å²) in [5.41, 5.74) is 1.50. The number of aryl methyl sites for hydroxylation is 1. The first-order valence-electron chi connectivity index (χ1n) is 6.42. The molecule has 0 aliphatic rings. The van der Waals surface area contributed by atoms with E-state index < -0.39 is 4.92 Å². The first kappa shape index (κ1) is 15.9. The molecule has 2 rings (SSSR count). The van der Waals surface area contributed by atoms with Crippen LogP contribution in [0.25, 0.3) is 0 Å². The predicted octanol–water partition coefficient (Wildman–Crippen LogP) is 2.53. The van der Waals surface area contributed by atoms with Gasteiger partial charge in [0, 0.05) is 16.2 Å². The molecular formula is C14H14BrN4O3+. The molecule has 3 N–H and O–H groups in total. The number of aromatic nitrogens is 1. The molecule has 0 aliphatic carbocycles. The van der Waals surface area contributed by atoms with Crippen LogP contribution >= 0.6 is 15.9 Å². The number of benzene rings is 1. The van der Waals surface area contributed by atoms with Gasteiger partial charge < -0.3 is 5.32 Å². The number of carbonyl (C=O) groups is 1. The second-order valence-corrected chi connectivity index (χ2v) is 5.46. The zero-order valence-corrected chi connectivity index (χ0v) is 13.3. The molecule has 0 bridgehead atoms. The van der Waals surface area contributed by atoms with Crippen LogP contribution in [-0.2, 0) is 4.79 Å². The third kappa shape index (κ3) is 4.01. The molecule has 1 aromatic carbocycles. The van der Waals surface area contributed by atoms with Crippen molar-refractivity contribution in [1.82, 2.24) is 0 Å². The van der Waals surface area contributed by atoms with Crippen LogP contribution in [-0.4, -0.2) is 17.4 Å². The van der Waals surface area contributed by atoms with Gasteiger partial charge in [-0.25, -0.2) is 4.98 Å². The fourth-order valence-corrected chi connectivity index (χ4v) is 2.33. The van der Waals surface area contributed by atoms with Crippen molar-refractivity contribution < 1.29 is 14.7 Å². The van der Waals surface area contributed by atoms with E-state index in [9.17, 15) is 14.9 Å². The van der Waals surface area contributed by atoms with Crippen molar-refractivity contribution in [2.24, 2.45) is 0 Å². The summed E-state index contributed by atoms with van der Waals surface area (Å²) < 4.78 is 0.927. The Morgan fingerprint density at radius 3 is 2.86 bits per heavy atom. The number of nitrogens with zero attached hydrogens (tertiary/aromatic N) is 1. The highest BCUT2D eigenvalue weighted by atomic mass is 79.9. The summed E-state index contributed by atoms with van der Waals surface area (Å²) >= 11 is 3.35. The molecule has 0 aliphatic heterocycles. The summed E-state index contributed by atoms with van der Waals surface area (Å²) in [7, 11) is 0. The monoisotopic (exact) mass is 365 g/mol. The van der Waals surface area contributed by atoms with Gasteiger partial charge in [-0.05, 0) is 36.8 Å². The molecule has 1 amide bonds. The van der Waals surface area contributed by atoms with Gasteiger partial charge in [-0.1, -0.05) is 15.9 Å². The Morgan fingerprint density at radius 2 is 2.18 bits per heavy atom. The number of nitrogens with one attached hydrogen (secondary N) is 3. The molecule has 1 aromatic heterocycles. The summed E-state index contributed by atoms with van der Waals surface area (Å²) in [5.74, 6) is -0.104. The smallest absolute Gasteiger partial charge is 0.322 e. The van der Waals surface area contributed by atoms with E-state index in [1.165, 1.54) is 12.1 Å². The molecule has 2 aromatic rings. The number of hydrogen-bond donors (Lipinski definition) is 2. The minimum atomic E-state index is -0.518. The number of hydrogen-bond acceptors (Lipinski definition) is 4. The zero-order chi connectivity index (χ0) is 16.1. The minimum absolute atomic E-state index is 0.0865. The van der Waals surface area contributed by atoms with E-state index in [1.807, 2.05) is 19.1 Å². The van der Waals surface area contributed by atoms with E-state index in [-0.39, 0.29) is 24.0 Å². The Morgan fingerprint density at radius 1 is 1.41 bits per heavy atom. The Kier molecular flexibility index (Phi) is 5.05. The summed E-state index contributed by atoms with van der Waals surface area (Å²) in [6.07, 6.45) is 1.55. The third-order valence-electron chi connectivity index (χ3n) is 2.92. The Balaban J connectivity index is 2.00. The lowest BCUT2D eigenvalue weighted by Crippen LogP contribution is -2.25. The fraction of sp³-hybridized carbons (Fsp3) is 0.143. The van der Waals surface area contributed by atoms with Gasteiger partial charge in [-0.2, -0.15) is 0 Å². The lowest BCUT2D eigenvalue weighted by Gasteiger charge is -2.07. The van der Waals surface area contributed by atoms with Gasteiger partial charge >= 0.3 is 11.5 Å². The molecule has 7 nitrogen and oxygen atoms in total. The lowest BCUT2D eigenvalue weighted by atomic mass is 10.2. The quantitative estimate of drug-likeness (QED) is 0.628. The van der Waals surface area contributed by atoms with E-state index in [4.69, 9.17) is 0 Å². The molecule has 0 radical (unpaired) electrons. The number of rotatable bonds is 5. The van der Waals surface area contributed by atoms with Gasteiger partial charge in [0.25, 0.3) is 5.91 Å². The minimum Gasteiger partial charge on any atom is -0.322 e. The number of H-pyrrole nitrogens is 1. The maximum Gasteiger partial charge on any atom is 0.357 e. The normalized spacial score (nSPS) is 10.1. The van der Waals surface area contributed by atoms with Crippen LogP contribution in [0.1, 0.15) is 5.56 Å². The van der Waals surface area contributed by atoms with Crippen molar-refractivity contribution in [2.45, 2.75) is 6.92 Å². The van der Waals surface area contributed by atoms with E-state index >= 15 is 0 Å². The summed E-state index contributed by atoms with van der Waals surface area (Å²) in [4.78, 5) is 25.0. The van der Waals surface area contributed by atoms with Crippen molar-refractivity contribution in [1.29, 1.82) is 0 Å². The highest BCUT2D eigenvalue weighted by Gasteiger charge is 2.20. The van der Waals surface area contributed by atoms with Crippen molar-refractivity contribution >= 4 is 39.0 Å². The highest BCUT2D eigenvalue weighted by molar-refractivity contribution is 9.10. The SMILES string of the molecule is Cc1cc(Br)ccc1NC(=O)CNc1[nH+]cccc1[N+](=O)[O-]. The first-order chi connectivity index (χ1) is 10.5. The molecule has 0 saturated heterocycles. The number of halogens is 1. The van der Waals surface area contributed by atoms with Gasteiger partial charge in [0.05, 0.1) is 11.1 Å². The second kappa shape index (κ2) is 6.99. The number of anilines is 2. The molecule has 22 heavy (non-hydrogen) atoms. The molecule has 0 unspecified atom stereocenters. The summed E-state index contributed by atoms with van der Waals surface area (Å²) in [6, 6.07) is 8.38. The van der Waals surface area contributed by atoms with Gasteiger partial charge in [-0.15, -0.1) is 0 Å². The molecule has 0 saturated carbocycles. The van der Waals surface area contributed by atoms with Crippen molar-refractivity contribution in [2.75, 3.05) is 17.2 Å². The molecular weight excluding hydrogens is 352 g/mol. The molecule has 0 spiro atoms. The van der Waals surface area contributed by atoms with E-state index in [2.05, 4.69) is 31.5 Å². The van der Waals surface area contributed by atoms with Gasteiger partial charge in [0.2, 0.25) is 0 Å². The average molecular weight is 366 g/mol. The van der Waals surface area contributed by atoms with E-state index in [1.54, 1.807) is 12.3 Å². The van der Waals surface area contributed by atoms with Crippen LogP contribution < -0.4 is 15.6 Å². The molecule has 0 atom stereocenters. The van der Waals surface area contributed by atoms with Crippen LogP contribution in [0.2, 0.25) is 0 Å². The van der Waals surface area contributed by atoms with Gasteiger partial charge in [-0.3, -0.25) is 20.2 Å². The third-order valence-corrected chi connectivity index (χ3v) is 3.41.